The molecule has 4 rings (SSSR count). The van der Waals surface area contributed by atoms with E-state index in [1.54, 1.807) is 48.5 Å². The molecule has 7 heteroatoms. The van der Waals surface area contributed by atoms with Crippen molar-refractivity contribution in [3.8, 4) is 22.6 Å². The van der Waals surface area contributed by atoms with E-state index in [-0.39, 0.29) is 28.5 Å². The van der Waals surface area contributed by atoms with Gasteiger partial charge >= 0.3 is 23.3 Å². The topological polar surface area (TPSA) is 124 Å². The maximum absolute atomic E-state index is 13.0. The summed E-state index contributed by atoms with van der Waals surface area (Å²) in [6, 6.07) is 15.5. The van der Waals surface area contributed by atoms with E-state index in [1.807, 2.05) is 0 Å². The second-order valence-corrected chi connectivity index (χ2v) is 6.29. The number of carboxylic acid groups (broad SMARTS) is 2. The van der Waals surface area contributed by atoms with Crippen molar-refractivity contribution in [3.63, 3.8) is 0 Å². The third-order valence-corrected chi connectivity index (χ3v) is 4.70. The zero-order valence-corrected chi connectivity index (χ0v) is 16.0. The van der Waals surface area contributed by atoms with Gasteiger partial charge in [0, 0.05) is 0 Å². The molecule has 4 aromatic rings. The maximum Gasteiger partial charge on any atom is 3.00 e. The standard InChI is InChI=1S/C22H14O6.Al/c23-19-15(21(25)26)9-11-5-1-3-7-13(11)17(19)18-14-8-4-2-6-12(14)10-16(20(18)24)22(27)28;/h1-10,23-24H,(H,25,26)(H,27,28);/q;+3/p-3. The molecule has 6 nitrogen and oxygen atoms in total. The molecule has 0 aliphatic heterocycles. The first-order valence-corrected chi connectivity index (χ1v) is 8.30. The predicted molar refractivity (Wildman–Crippen MR) is 103 cm³/mol. The van der Waals surface area contributed by atoms with E-state index in [0.717, 1.165) is 0 Å². The average Bonchev–Trinajstić information content (AvgIpc) is 2.67. The number of benzene rings is 4. The fourth-order valence-electron chi connectivity index (χ4n) is 3.46. The minimum absolute atomic E-state index is 0. The van der Waals surface area contributed by atoms with Gasteiger partial charge in [0.05, 0.1) is 11.5 Å². The number of carbonyl (C=O) groups excluding carboxylic acids is 1. The van der Waals surface area contributed by atoms with E-state index in [0.29, 0.717) is 21.5 Å². The molecule has 0 fully saturated rings. The molecule has 0 saturated heterocycles. The molecule has 0 aromatic heterocycles. The summed E-state index contributed by atoms with van der Waals surface area (Å²) in [5, 5.41) is 48.6. The van der Waals surface area contributed by atoms with Crippen molar-refractivity contribution in [1.82, 2.24) is 0 Å². The molecule has 0 heterocycles. The van der Waals surface area contributed by atoms with Crippen LogP contribution in [0.15, 0.2) is 60.7 Å². The van der Waals surface area contributed by atoms with E-state index in [1.165, 1.54) is 12.1 Å². The van der Waals surface area contributed by atoms with Crippen LogP contribution >= 0.6 is 0 Å². The smallest absolute Gasteiger partial charge is 0.872 e. The first-order chi connectivity index (χ1) is 13.4. The van der Waals surface area contributed by atoms with Crippen molar-refractivity contribution in [1.29, 1.82) is 0 Å². The first-order valence-electron chi connectivity index (χ1n) is 8.30. The quantitative estimate of drug-likeness (QED) is 0.522. The Kier molecular flexibility index (Phi) is 5.21. The zero-order valence-electron chi connectivity index (χ0n) is 14.8. The number of carbonyl (C=O) groups is 2. The van der Waals surface area contributed by atoms with Gasteiger partial charge in [-0.05, 0) is 50.4 Å². The molecule has 29 heavy (non-hydrogen) atoms. The Morgan fingerprint density at radius 1 is 0.724 bits per heavy atom. The van der Waals surface area contributed by atoms with Gasteiger partial charge in [-0.2, -0.15) is 0 Å². The zero-order chi connectivity index (χ0) is 20.0. The van der Waals surface area contributed by atoms with Crippen molar-refractivity contribution in [2.45, 2.75) is 0 Å². The van der Waals surface area contributed by atoms with Crippen molar-refractivity contribution in [3.05, 3.63) is 71.8 Å². The van der Waals surface area contributed by atoms with Crippen LogP contribution in [0.2, 0.25) is 0 Å². The molecule has 0 aliphatic rings. The second kappa shape index (κ2) is 7.47. The van der Waals surface area contributed by atoms with Crippen LogP contribution in [0.3, 0.4) is 0 Å². The number of carboxylic acids is 2. The Hall–Kier alpha value is -3.53. The van der Waals surface area contributed by atoms with Crippen LogP contribution in [0.5, 0.6) is 11.5 Å². The second-order valence-electron chi connectivity index (χ2n) is 6.29. The molecular formula is C22H11AlO6. The Bertz CT molecular complexity index is 1190. The van der Waals surface area contributed by atoms with Crippen LogP contribution < -0.4 is 15.3 Å². The van der Waals surface area contributed by atoms with Gasteiger partial charge in [-0.1, -0.05) is 60.0 Å². The van der Waals surface area contributed by atoms with Gasteiger partial charge in [0.2, 0.25) is 0 Å². The van der Waals surface area contributed by atoms with Gasteiger partial charge in [0.15, 0.2) is 0 Å². The summed E-state index contributed by atoms with van der Waals surface area (Å²) in [6.45, 7) is 0. The third-order valence-electron chi connectivity index (χ3n) is 4.70. The number of aromatic carboxylic acids is 2. The number of fused-ring (bicyclic) bond motifs is 2. The van der Waals surface area contributed by atoms with Crippen molar-refractivity contribution in [2.24, 2.45) is 0 Å². The van der Waals surface area contributed by atoms with Crippen LogP contribution in [0.1, 0.15) is 20.7 Å². The van der Waals surface area contributed by atoms with Crippen LogP contribution in [0, 0.1) is 0 Å². The summed E-state index contributed by atoms with van der Waals surface area (Å²) in [5.74, 6) is -4.82. The Morgan fingerprint density at radius 2 is 1.14 bits per heavy atom. The third kappa shape index (κ3) is 3.17. The maximum atomic E-state index is 13.0. The summed E-state index contributed by atoms with van der Waals surface area (Å²) in [5.41, 5.74) is -1.34. The van der Waals surface area contributed by atoms with Crippen LogP contribution in [0.4, 0.5) is 0 Å². The molecule has 0 radical (unpaired) electrons. The van der Waals surface area contributed by atoms with E-state index >= 15 is 0 Å². The largest absolute Gasteiger partial charge is 3.00 e. The summed E-state index contributed by atoms with van der Waals surface area (Å²) in [4.78, 5) is 23.1. The summed E-state index contributed by atoms with van der Waals surface area (Å²) in [6.07, 6.45) is 0. The summed E-state index contributed by atoms with van der Waals surface area (Å²) >= 11 is 0. The van der Waals surface area contributed by atoms with E-state index in [4.69, 9.17) is 0 Å². The molecule has 0 bridgehead atoms. The Balaban J connectivity index is 0.00000240. The van der Waals surface area contributed by atoms with Crippen molar-refractivity contribution < 1.29 is 30.0 Å². The Labute approximate surface area is 175 Å². The number of hydrogen-bond donors (Lipinski definition) is 1. The summed E-state index contributed by atoms with van der Waals surface area (Å²) in [7, 11) is 0. The average molecular weight is 398 g/mol. The normalized spacial score (nSPS) is 10.6. The van der Waals surface area contributed by atoms with E-state index in [9.17, 15) is 30.0 Å². The van der Waals surface area contributed by atoms with Crippen molar-refractivity contribution >= 4 is 50.8 Å². The van der Waals surface area contributed by atoms with Crippen LogP contribution in [0.25, 0.3) is 32.7 Å². The molecule has 1 N–H and O–H groups in total. The van der Waals surface area contributed by atoms with E-state index < -0.39 is 34.6 Å². The summed E-state index contributed by atoms with van der Waals surface area (Å²) < 4.78 is 0. The molecule has 0 saturated carbocycles. The molecule has 0 spiro atoms. The molecule has 4 aromatic carbocycles. The Morgan fingerprint density at radius 3 is 1.59 bits per heavy atom. The molecule has 0 amide bonds. The van der Waals surface area contributed by atoms with Gasteiger partial charge < -0.3 is 25.2 Å². The number of rotatable bonds is 3. The van der Waals surface area contributed by atoms with Gasteiger partial charge in [-0.25, -0.2) is 4.79 Å². The predicted octanol–water partition coefficient (Wildman–Crippen LogP) is 1.49. The molecule has 0 aliphatic carbocycles. The van der Waals surface area contributed by atoms with Gasteiger partial charge in [0.1, 0.15) is 0 Å². The van der Waals surface area contributed by atoms with E-state index in [2.05, 4.69) is 0 Å². The monoisotopic (exact) mass is 398 g/mol. The van der Waals surface area contributed by atoms with Gasteiger partial charge in [0.25, 0.3) is 0 Å². The molecule has 138 valence electrons. The van der Waals surface area contributed by atoms with Crippen molar-refractivity contribution in [2.75, 3.05) is 0 Å². The molecular weight excluding hydrogens is 387 g/mol. The fraction of sp³-hybridized carbons (Fsp3) is 0. The minimum Gasteiger partial charge on any atom is -0.872 e. The first kappa shape index (κ1) is 20.2. The molecule has 0 unspecified atom stereocenters. The number of hydrogen-bond acceptors (Lipinski definition) is 5. The minimum atomic E-state index is -1.66. The van der Waals surface area contributed by atoms with Crippen LogP contribution in [-0.2, 0) is 0 Å². The van der Waals surface area contributed by atoms with Crippen LogP contribution in [-0.4, -0.2) is 34.4 Å². The van der Waals surface area contributed by atoms with Gasteiger partial charge in [-0.3, -0.25) is 0 Å². The SMILES string of the molecule is O=C([O-])c1cc2ccccc2c(-c2c([O-])c(C(=O)O)cc3ccccc23)c1[O-].[Al+3]. The fourth-order valence-corrected chi connectivity index (χ4v) is 3.46. The molecule has 0 atom stereocenters. The van der Waals surface area contributed by atoms with Gasteiger partial charge in [-0.15, -0.1) is 0 Å².